The van der Waals surface area contributed by atoms with E-state index in [-0.39, 0.29) is 24.2 Å². The van der Waals surface area contributed by atoms with Crippen LogP contribution in [0.3, 0.4) is 0 Å². The SMILES string of the molecule is O=C(NCC1CCN(c2ccccc2)C1)C1CC(=O)N(c2cccc(Br)c2)C1. The van der Waals surface area contributed by atoms with Crippen LogP contribution in [0.1, 0.15) is 12.8 Å². The Morgan fingerprint density at radius 3 is 2.64 bits per heavy atom. The van der Waals surface area contributed by atoms with Gasteiger partial charge in [-0.3, -0.25) is 9.59 Å². The third-order valence-electron chi connectivity index (χ3n) is 5.59. The molecule has 0 saturated carbocycles. The molecule has 0 aliphatic carbocycles. The molecule has 2 aromatic carbocycles. The van der Waals surface area contributed by atoms with Crippen LogP contribution in [-0.4, -0.2) is 38.0 Å². The zero-order chi connectivity index (χ0) is 19.5. The number of anilines is 2. The van der Waals surface area contributed by atoms with Gasteiger partial charge in [0.15, 0.2) is 0 Å². The maximum atomic E-state index is 12.6. The van der Waals surface area contributed by atoms with E-state index in [0.717, 1.165) is 29.7 Å². The van der Waals surface area contributed by atoms with Crippen LogP contribution in [0.25, 0.3) is 0 Å². The highest BCUT2D eigenvalue weighted by Gasteiger charge is 2.35. The summed E-state index contributed by atoms with van der Waals surface area (Å²) in [5, 5.41) is 3.09. The van der Waals surface area contributed by atoms with E-state index < -0.39 is 0 Å². The molecule has 0 aromatic heterocycles. The molecular weight excluding hydrogens is 418 g/mol. The number of carbonyl (C=O) groups excluding carboxylic acids is 2. The highest BCUT2D eigenvalue weighted by molar-refractivity contribution is 9.10. The van der Waals surface area contributed by atoms with Gasteiger partial charge < -0.3 is 15.1 Å². The number of rotatable bonds is 5. The number of halogens is 1. The van der Waals surface area contributed by atoms with Crippen LogP contribution in [0.4, 0.5) is 11.4 Å². The van der Waals surface area contributed by atoms with Gasteiger partial charge in [0.25, 0.3) is 0 Å². The summed E-state index contributed by atoms with van der Waals surface area (Å²) in [6.45, 7) is 3.09. The van der Waals surface area contributed by atoms with Gasteiger partial charge in [-0.1, -0.05) is 40.2 Å². The largest absolute Gasteiger partial charge is 0.371 e. The van der Waals surface area contributed by atoms with Crippen molar-refractivity contribution in [1.29, 1.82) is 0 Å². The number of amides is 2. The number of nitrogens with one attached hydrogen (secondary N) is 1. The Hall–Kier alpha value is -2.34. The lowest BCUT2D eigenvalue weighted by molar-refractivity contribution is -0.126. The van der Waals surface area contributed by atoms with Crippen LogP contribution in [0.15, 0.2) is 59.1 Å². The smallest absolute Gasteiger partial charge is 0.227 e. The summed E-state index contributed by atoms with van der Waals surface area (Å²) >= 11 is 3.44. The molecule has 1 N–H and O–H groups in total. The molecule has 2 atom stereocenters. The zero-order valence-electron chi connectivity index (χ0n) is 15.7. The Morgan fingerprint density at radius 1 is 1.07 bits per heavy atom. The van der Waals surface area contributed by atoms with Gasteiger partial charge in [-0.25, -0.2) is 0 Å². The summed E-state index contributed by atoms with van der Waals surface area (Å²) in [5.74, 6) is 0.166. The van der Waals surface area contributed by atoms with Gasteiger partial charge in [-0.15, -0.1) is 0 Å². The Morgan fingerprint density at radius 2 is 1.86 bits per heavy atom. The van der Waals surface area contributed by atoms with Crippen molar-refractivity contribution in [1.82, 2.24) is 5.32 Å². The standard InChI is InChI=1S/C22H24BrN3O2/c23-18-5-4-8-20(12-18)26-15-17(11-21(26)27)22(28)24-13-16-9-10-25(14-16)19-6-2-1-3-7-19/h1-8,12,16-17H,9-11,13-15H2,(H,24,28). The Balaban J connectivity index is 1.28. The van der Waals surface area contributed by atoms with E-state index in [0.29, 0.717) is 19.0 Å². The van der Waals surface area contributed by atoms with Crippen LogP contribution >= 0.6 is 15.9 Å². The molecule has 2 aliphatic heterocycles. The number of carbonyl (C=O) groups is 2. The summed E-state index contributed by atoms with van der Waals surface area (Å²) < 4.78 is 0.926. The second-order valence-electron chi connectivity index (χ2n) is 7.57. The maximum Gasteiger partial charge on any atom is 0.227 e. The van der Waals surface area contributed by atoms with E-state index in [1.54, 1.807) is 4.90 Å². The molecule has 2 aromatic rings. The molecule has 0 bridgehead atoms. The van der Waals surface area contributed by atoms with Crippen LogP contribution in [0.2, 0.25) is 0 Å². The van der Waals surface area contributed by atoms with E-state index in [2.05, 4.69) is 50.4 Å². The van der Waals surface area contributed by atoms with Crippen molar-refractivity contribution in [2.24, 2.45) is 11.8 Å². The minimum atomic E-state index is -0.280. The molecule has 2 unspecified atom stereocenters. The molecule has 2 amide bonds. The lowest BCUT2D eigenvalue weighted by Crippen LogP contribution is -2.36. The van der Waals surface area contributed by atoms with E-state index in [1.807, 2.05) is 30.3 Å². The molecule has 28 heavy (non-hydrogen) atoms. The van der Waals surface area contributed by atoms with E-state index in [9.17, 15) is 9.59 Å². The monoisotopic (exact) mass is 441 g/mol. The molecule has 5 nitrogen and oxygen atoms in total. The van der Waals surface area contributed by atoms with Gasteiger partial charge in [-0.2, -0.15) is 0 Å². The Bertz CT molecular complexity index is 858. The first-order chi connectivity index (χ1) is 13.6. The van der Waals surface area contributed by atoms with Crippen LogP contribution in [0, 0.1) is 11.8 Å². The van der Waals surface area contributed by atoms with Gasteiger partial charge in [0.05, 0.1) is 5.92 Å². The van der Waals surface area contributed by atoms with Crippen molar-refractivity contribution in [2.75, 3.05) is 36.0 Å². The average molecular weight is 442 g/mol. The molecule has 146 valence electrons. The fourth-order valence-electron chi connectivity index (χ4n) is 4.04. The molecule has 2 fully saturated rings. The lowest BCUT2D eigenvalue weighted by atomic mass is 10.1. The Labute approximate surface area is 173 Å². The molecule has 0 radical (unpaired) electrons. The minimum Gasteiger partial charge on any atom is -0.371 e. The second kappa shape index (κ2) is 8.35. The lowest BCUT2D eigenvalue weighted by Gasteiger charge is -2.19. The summed E-state index contributed by atoms with van der Waals surface area (Å²) in [7, 11) is 0. The van der Waals surface area contributed by atoms with Gasteiger partial charge in [-0.05, 0) is 42.7 Å². The molecule has 0 spiro atoms. The van der Waals surface area contributed by atoms with E-state index >= 15 is 0 Å². The number of benzene rings is 2. The van der Waals surface area contributed by atoms with Crippen molar-refractivity contribution in [3.05, 3.63) is 59.1 Å². The second-order valence-corrected chi connectivity index (χ2v) is 8.48. The first-order valence-electron chi connectivity index (χ1n) is 9.74. The van der Waals surface area contributed by atoms with Crippen molar-refractivity contribution in [3.8, 4) is 0 Å². The van der Waals surface area contributed by atoms with Gasteiger partial charge in [0.1, 0.15) is 0 Å². The molecule has 2 heterocycles. The van der Waals surface area contributed by atoms with E-state index in [4.69, 9.17) is 0 Å². The summed E-state index contributed by atoms with van der Waals surface area (Å²) in [5.41, 5.74) is 2.08. The number of nitrogens with zero attached hydrogens (tertiary/aromatic N) is 2. The predicted octanol–water partition coefficient (Wildman–Crippen LogP) is 3.44. The molecular formula is C22H24BrN3O2. The Kier molecular flexibility index (Phi) is 5.67. The van der Waals surface area contributed by atoms with E-state index in [1.165, 1.54) is 5.69 Å². The summed E-state index contributed by atoms with van der Waals surface area (Å²) in [6.07, 6.45) is 1.35. The first-order valence-corrected chi connectivity index (χ1v) is 10.5. The van der Waals surface area contributed by atoms with Crippen molar-refractivity contribution < 1.29 is 9.59 Å². The van der Waals surface area contributed by atoms with Crippen LogP contribution in [0.5, 0.6) is 0 Å². The average Bonchev–Trinajstić information content (AvgIpc) is 3.34. The van der Waals surface area contributed by atoms with Gasteiger partial charge in [0, 0.05) is 48.4 Å². The fraction of sp³-hybridized carbons (Fsp3) is 0.364. The molecule has 2 aliphatic rings. The van der Waals surface area contributed by atoms with Crippen molar-refractivity contribution in [2.45, 2.75) is 12.8 Å². The zero-order valence-corrected chi connectivity index (χ0v) is 17.3. The first kappa shape index (κ1) is 19.0. The minimum absolute atomic E-state index is 0.00868. The van der Waals surface area contributed by atoms with Crippen LogP contribution in [-0.2, 0) is 9.59 Å². The van der Waals surface area contributed by atoms with Crippen LogP contribution < -0.4 is 15.1 Å². The normalized spacial score (nSPS) is 22.0. The number of hydrogen-bond donors (Lipinski definition) is 1. The van der Waals surface area contributed by atoms with Gasteiger partial charge >= 0.3 is 0 Å². The van der Waals surface area contributed by atoms with Crippen molar-refractivity contribution in [3.63, 3.8) is 0 Å². The summed E-state index contributed by atoms with van der Waals surface area (Å²) in [4.78, 5) is 29.1. The predicted molar refractivity (Wildman–Crippen MR) is 114 cm³/mol. The number of hydrogen-bond acceptors (Lipinski definition) is 3. The van der Waals surface area contributed by atoms with Gasteiger partial charge in [0.2, 0.25) is 11.8 Å². The van der Waals surface area contributed by atoms with Crippen molar-refractivity contribution >= 4 is 39.1 Å². The highest BCUT2D eigenvalue weighted by Crippen LogP contribution is 2.28. The fourth-order valence-corrected chi connectivity index (χ4v) is 4.43. The number of para-hydroxylation sites is 1. The topological polar surface area (TPSA) is 52.7 Å². The highest BCUT2D eigenvalue weighted by atomic mass is 79.9. The maximum absolute atomic E-state index is 12.6. The molecule has 2 saturated heterocycles. The third kappa shape index (κ3) is 4.22. The molecule has 6 heteroatoms. The third-order valence-corrected chi connectivity index (χ3v) is 6.08. The quantitative estimate of drug-likeness (QED) is 0.772. The molecule has 4 rings (SSSR count). The summed E-state index contributed by atoms with van der Waals surface area (Å²) in [6, 6.07) is 18.0.